The highest BCUT2D eigenvalue weighted by atomic mass is 32.2. The van der Waals surface area contributed by atoms with Crippen molar-refractivity contribution in [1.29, 1.82) is 0 Å². The van der Waals surface area contributed by atoms with Gasteiger partial charge in [-0.1, -0.05) is 13.8 Å². The van der Waals surface area contributed by atoms with Crippen molar-refractivity contribution in [3.8, 4) is 0 Å². The van der Waals surface area contributed by atoms with Crippen molar-refractivity contribution in [2.45, 2.75) is 18.7 Å². The number of benzene rings is 1. The molecule has 5 nitrogen and oxygen atoms in total. The highest BCUT2D eigenvalue weighted by Gasteiger charge is 2.22. The number of nitrogens with one attached hydrogen (secondary N) is 1. The molecule has 1 aromatic carbocycles. The Labute approximate surface area is 115 Å². The minimum absolute atomic E-state index is 0.135. The average molecular weight is 285 g/mol. The standard InChI is InChI=1S/C13H23N3O2S/c1-13(2,10-16(3)4)9-15-19(17,18)12-7-5-11(14)6-8-12/h5-8,15H,9-10,14H2,1-4H3. The average Bonchev–Trinajstić information content (AvgIpc) is 2.26. The van der Waals surface area contributed by atoms with Gasteiger partial charge in [0.15, 0.2) is 0 Å². The van der Waals surface area contributed by atoms with Crippen molar-refractivity contribution >= 4 is 15.7 Å². The molecule has 0 aromatic heterocycles. The van der Waals surface area contributed by atoms with Crippen LogP contribution < -0.4 is 10.5 Å². The van der Waals surface area contributed by atoms with Crippen LogP contribution in [-0.4, -0.2) is 40.5 Å². The van der Waals surface area contributed by atoms with Crippen LogP contribution in [0.25, 0.3) is 0 Å². The fraction of sp³-hybridized carbons (Fsp3) is 0.538. The van der Waals surface area contributed by atoms with Gasteiger partial charge in [-0.25, -0.2) is 13.1 Å². The normalized spacial score (nSPS) is 12.9. The van der Waals surface area contributed by atoms with Crippen LogP contribution in [0.15, 0.2) is 29.2 Å². The van der Waals surface area contributed by atoms with Gasteiger partial charge in [0.25, 0.3) is 0 Å². The second-order valence-corrected chi connectivity index (χ2v) is 7.56. The maximum Gasteiger partial charge on any atom is 0.240 e. The number of hydrogen-bond donors (Lipinski definition) is 2. The summed E-state index contributed by atoms with van der Waals surface area (Å²) in [5.41, 5.74) is 5.96. The molecule has 0 radical (unpaired) electrons. The van der Waals surface area contributed by atoms with Crippen LogP contribution in [0.5, 0.6) is 0 Å². The maximum absolute atomic E-state index is 12.1. The molecule has 108 valence electrons. The van der Waals surface area contributed by atoms with Crippen LogP contribution in [0.3, 0.4) is 0 Å². The van der Waals surface area contributed by atoms with Gasteiger partial charge in [-0.05, 0) is 43.8 Å². The van der Waals surface area contributed by atoms with E-state index in [9.17, 15) is 8.42 Å². The molecule has 1 rings (SSSR count). The van der Waals surface area contributed by atoms with Gasteiger partial charge in [-0.2, -0.15) is 0 Å². The van der Waals surface area contributed by atoms with Crippen molar-refractivity contribution in [1.82, 2.24) is 9.62 Å². The predicted octanol–water partition coefficient (Wildman–Crippen LogP) is 1.13. The number of nitrogens with two attached hydrogens (primary N) is 1. The summed E-state index contributed by atoms with van der Waals surface area (Å²) in [6.07, 6.45) is 0. The van der Waals surface area contributed by atoms with Crippen LogP contribution in [0.2, 0.25) is 0 Å². The Kier molecular flexibility index (Phi) is 4.95. The molecule has 0 fully saturated rings. The first kappa shape index (κ1) is 15.9. The Hall–Kier alpha value is -1.11. The summed E-state index contributed by atoms with van der Waals surface area (Å²) in [5, 5.41) is 0. The summed E-state index contributed by atoms with van der Waals surface area (Å²) in [6, 6.07) is 6.19. The number of sulfonamides is 1. The summed E-state index contributed by atoms with van der Waals surface area (Å²) in [6.45, 7) is 5.24. The first-order valence-corrected chi connectivity index (χ1v) is 7.61. The van der Waals surface area contributed by atoms with Crippen LogP contribution >= 0.6 is 0 Å². The Bertz CT molecular complexity index is 507. The third kappa shape index (κ3) is 5.18. The lowest BCUT2D eigenvalue weighted by molar-refractivity contribution is 0.242. The second-order valence-electron chi connectivity index (χ2n) is 5.80. The maximum atomic E-state index is 12.1. The minimum Gasteiger partial charge on any atom is -0.399 e. The Morgan fingerprint density at radius 2 is 1.74 bits per heavy atom. The van der Waals surface area contributed by atoms with Gasteiger partial charge in [0.2, 0.25) is 10.0 Å². The third-order valence-electron chi connectivity index (χ3n) is 2.68. The van der Waals surface area contributed by atoms with Crippen molar-refractivity contribution in [3.05, 3.63) is 24.3 Å². The molecular formula is C13H23N3O2S. The molecule has 0 atom stereocenters. The molecule has 0 unspecified atom stereocenters. The molecule has 0 bridgehead atoms. The minimum atomic E-state index is -3.47. The Morgan fingerprint density at radius 1 is 1.21 bits per heavy atom. The largest absolute Gasteiger partial charge is 0.399 e. The van der Waals surface area contributed by atoms with Crippen molar-refractivity contribution in [2.75, 3.05) is 32.9 Å². The molecular weight excluding hydrogens is 262 g/mol. The summed E-state index contributed by atoms with van der Waals surface area (Å²) in [7, 11) is 0.467. The summed E-state index contributed by atoms with van der Waals surface area (Å²) < 4.78 is 26.9. The van der Waals surface area contributed by atoms with E-state index in [1.54, 1.807) is 12.1 Å². The van der Waals surface area contributed by atoms with E-state index in [4.69, 9.17) is 5.73 Å². The Balaban J connectivity index is 2.73. The molecule has 0 amide bonds. The zero-order valence-electron chi connectivity index (χ0n) is 12.0. The van der Waals surface area contributed by atoms with E-state index in [1.807, 2.05) is 32.8 Å². The molecule has 0 heterocycles. The number of nitrogens with zero attached hydrogens (tertiary/aromatic N) is 1. The Morgan fingerprint density at radius 3 is 2.21 bits per heavy atom. The number of nitrogen functional groups attached to an aromatic ring is 1. The summed E-state index contributed by atoms with van der Waals surface area (Å²) in [4.78, 5) is 2.28. The van der Waals surface area contributed by atoms with Gasteiger partial charge >= 0.3 is 0 Å². The zero-order valence-corrected chi connectivity index (χ0v) is 12.8. The van der Waals surface area contributed by atoms with Gasteiger partial charge in [-0.15, -0.1) is 0 Å². The molecule has 0 aliphatic rings. The van der Waals surface area contributed by atoms with Crippen molar-refractivity contribution < 1.29 is 8.42 Å². The molecule has 6 heteroatoms. The molecule has 1 aromatic rings. The van der Waals surface area contributed by atoms with Crippen LogP contribution in [0.1, 0.15) is 13.8 Å². The van der Waals surface area contributed by atoms with E-state index in [2.05, 4.69) is 4.72 Å². The van der Waals surface area contributed by atoms with E-state index in [0.29, 0.717) is 12.2 Å². The van der Waals surface area contributed by atoms with Crippen LogP contribution in [-0.2, 0) is 10.0 Å². The highest BCUT2D eigenvalue weighted by molar-refractivity contribution is 7.89. The van der Waals surface area contributed by atoms with E-state index >= 15 is 0 Å². The van der Waals surface area contributed by atoms with Gasteiger partial charge in [0, 0.05) is 18.8 Å². The van der Waals surface area contributed by atoms with Crippen molar-refractivity contribution in [2.24, 2.45) is 5.41 Å². The fourth-order valence-corrected chi connectivity index (χ4v) is 3.17. The first-order valence-electron chi connectivity index (χ1n) is 6.12. The SMILES string of the molecule is CN(C)CC(C)(C)CNS(=O)(=O)c1ccc(N)cc1. The van der Waals surface area contributed by atoms with E-state index < -0.39 is 10.0 Å². The fourth-order valence-electron chi connectivity index (χ4n) is 1.93. The van der Waals surface area contributed by atoms with Gasteiger partial charge in [0.1, 0.15) is 0 Å². The summed E-state index contributed by atoms with van der Waals surface area (Å²) in [5.74, 6) is 0. The molecule has 0 aliphatic carbocycles. The quantitative estimate of drug-likeness (QED) is 0.768. The van der Waals surface area contributed by atoms with Crippen LogP contribution in [0.4, 0.5) is 5.69 Å². The van der Waals surface area contributed by atoms with Gasteiger partial charge in [0.05, 0.1) is 4.90 Å². The van der Waals surface area contributed by atoms with E-state index in [-0.39, 0.29) is 10.3 Å². The monoisotopic (exact) mass is 285 g/mol. The topological polar surface area (TPSA) is 75.4 Å². The first-order chi connectivity index (χ1) is 8.62. The predicted molar refractivity (Wildman–Crippen MR) is 78.4 cm³/mol. The molecule has 0 aliphatic heterocycles. The van der Waals surface area contributed by atoms with Gasteiger partial charge in [-0.3, -0.25) is 0 Å². The number of hydrogen-bond acceptors (Lipinski definition) is 4. The molecule has 19 heavy (non-hydrogen) atoms. The zero-order chi connectivity index (χ0) is 14.7. The number of rotatable bonds is 6. The highest BCUT2D eigenvalue weighted by Crippen LogP contribution is 2.17. The van der Waals surface area contributed by atoms with E-state index in [0.717, 1.165) is 6.54 Å². The van der Waals surface area contributed by atoms with E-state index in [1.165, 1.54) is 12.1 Å². The van der Waals surface area contributed by atoms with Gasteiger partial charge < -0.3 is 10.6 Å². The second kappa shape index (κ2) is 5.90. The lowest BCUT2D eigenvalue weighted by atomic mass is 9.93. The lowest BCUT2D eigenvalue weighted by Gasteiger charge is -2.28. The third-order valence-corrected chi connectivity index (χ3v) is 4.09. The summed E-state index contributed by atoms with van der Waals surface area (Å²) >= 11 is 0. The lowest BCUT2D eigenvalue weighted by Crippen LogP contribution is -2.39. The smallest absolute Gasteiger partial charge is 0.240 e. The molecule has 0 saturated heterocycles. The number of anilines is 1. The molecule has 0 saturated carbocycles. The molecule has 0 spiro atoms. The van der Waals surface area contributed by atoms with Crippen LogP contribution in [0, 0.1) is 5.41 Å². The van der Waals surface area contributed by atoms with Crippen molar-refractivity contribution in [3.63, 3.8) is 0 Å². The molecule has 3 N–H and O–H groups in total.